The maximum absolute atomic E-state index is 12.8. The molecule has 2 rings (SSSR count). The van der Waals surface area contributed by atoms with E-state index in [9.17, 15) is 14.7 Å². The Morgan fingerprint density at radius 2 is 2.00 bits per heavy atom. The Kier molecular flexibility index (Phi) is 5.33. The molecule has 0 aliphatic carbocycles. The molecule has 0 spiro atoms. The summed E-state index contributed by atoms with van der Waals surface area (Å²) in [5, 5.41) is 9.39. The van der Waals surface area contributed by atoms with Crippen molar-refractivity contribution in [3.05, 3.63) is 35.4 Å². The molecule has 1 unspecified atom stereocenters. The number of hydrogen-bond donors (Lipinski definition) is 2. The first-order chi connectivity index (χ1) is 10.1. The highest BCUT2D eigenvalue weighted by molar-refractivity contribution is 5.98. The van der Waals surface area contributed by atoms with Crippen molar-refractivity contribution >= 4 is 11.9 Å². The molecule has 1 heterocycles. The van der Waals surface area contributed by atoms with E-state index in [4.69, 9.17) is 5.73 Å². The van der Waals surface area contributed by atoms with Crippen LogP contribution in [-0.4, -0.2) is 41.0 Å². The van der Waals surface area contributed by atoms with Crippen molar-refractivity contribution in [3.8, 4) is 0 Å². The second-order valence-corrected chi connectivity index (χ2v) is 5.40. The summed E-state index contributed by atoms with van der Waals surface area (Å²) < 4.78 is 0. The SMILES string of the molecule is NCCc1ccccc1C(=O)N1CCCCCC1C(=O)O. The minimum Gasteiger partial charge on any atom is -0.480 e. The van der Waals surface area contributed by atoms with Crippen LogP contribution in [0, 0.1) is 0 Å². The molecule has 5 nitrogen and oxygen atoms in total. The number of benzene rings is 1. The number of likely N-dealkylation sites (tertiary alicyclic amines) is 1. The first-order valence-corrected chi connectivity index (χ1v) is 7.47. The van der Waals surface area contributed by atoms with Crippen molar-refractivity contribution in [1.82, 2.24) is 4.90 Å². The third kappa shape index (κ3) is 3.61. The maximum Gasteiger partial charge on any atom is 0.326 e. The first kappa shape index (κ1) is 15.5. The van der Waals surface area contributed by atoms with Gasteiger partial charge in [0.2, 0.25) is 0 Å². The normalized spacial score (nSPS) is 19.1. The van der Waals surface area contributed by atoms with E-state index in [2.05, 4.69) is 0 Å². The molecule has 1 aliphatic heterocycles. The van der Waals surface area contributed by atoms with Crippen molar-refractivity contribution in [2.45, 2.75) is 38.1 Å². The molecule has 114 valence electrons. The highest BCUT2D eigenvalue weighted by atomic mass is 16.4. The number of hydrogen-bond acceptors (Lipinski definition) is 3. The summed E-state index contributed by atoms with van der Waals surface area (Å²) in [6, 6.07) is 6.61. The number of carboxylic acids is 1. The fourth-order valence-corrected chi connectivity index (χ4v) is 2.87. The third-order valence-corrected chi connectivity index (χ3v) is 3.96. The van der Waals surface area contributed by atoms with Gasteiger partial charge in [0.05, 0.1) is 0 Å². The summed E-state index contributed by atoms with van der Waals surface area (Å²) >= 11 is 0. The van der Waals surface area contributed by atoms with E-state index >= 15 is 0 Å². The Morgan fingerprint density at radius 1 is 1.24 bits per heavy atom. The molecular formula is C16H22N2O3. The third-order valence-electron chi connectivity index (χ3n) is 3.96. The van der Waals surface area contributed by atoms with Gasteiger partial charge in [-0.15, -0.1) is 0 Å². The van der Waals surface area contributed by atoms with Crippen LogP contribution in [0.15, 0.2) is 24.3 Å². The molecule has 5 heteroatoms. The highest BCUT2D eigenvalue weighted by Crippen LogP contribution is 2.21. The average molecular weight is 290 g/mol. The second kappa shape index (κ2) is 7.22. The molecule has 0 radical (unpaired) electrons. The summed E-state index contributed by atoms with van der Waals surface area (Å²) in [4.78, 5) is 25.8. The van der Waals surface area contributed by atoms with E-state index in [1.54, 1.807) is 12.1 Å². The lowest BCUT2D eigenvalue weighted by molar-refractivity contribution is -0.142. The van der Waals surface area contributed by atoms with Gasteiger partial charge in [-0.2, -0.15) is 0 Å². The molecule has 1 aliphatic rings. The predicted molar refractivity (Wildman–Crippen MR) is 80.1 cm³/mol. The van der Waals surface area contributed by atoms with Crippen molar-refractivity contribution in [3.63, 3.8) is 0 Å². The van der Waals surface area contributed by atoms with Gasteiger partial charge in [-0.25, -0.2) is 4.79 Å². The van der Waals surface area contributed by atoms with E-state index in [1.807, 2.05) is 12.1 Å². The fourth-order valence-electron chi connectivity index (χ4n) is 2.87. The second-order valence-electron chi connectivity index (χ2n) is 5.40. The molecule has 0 aromatic heterocycles. The van der Waals surface area contributed by atoms with Gasteiger partial charge in [-0.3, -0.25) is 4.79 Å². The zero-order valence-corrected chi connectivity index (χ0v) is 12.1. The molecule has 21 heavy (non-hydrogen) atoms. The number of nitrogens with two attached hydrogens (primary N) is 1. The summed E-state index contributed by atoms with van der Waals surface area (Å²) in [6.45, 7) is 0.972. The topological polar surface area (TPSA) is 83.6 Å². The van der Waals surface area contributed by atoms with E-state index < -0.39 is 12.0 Å². The lowest BCUT2D eigenvalue weighted by atomic mass is 10.0. The highest BCUT2D eigenvalue weighted by Gasteiger charge is 2.31. The molecule has 1 fully saturated rings. The number of carbonyl (C=O) groups excluding carboxylic acids is 1. The van der Waals surface area contributed by atoms with Gasteiger partial charge in [0.1, 0.15) is 6.04 Å². The summed E-state index contributed by atoms with van der Waals surface area (Å²) in [5.41, 5.74) is 7.06. The van der Waals surface area contributed by atoms with Crippen molar-refractivity contribution in [2.24, 2.45) is 5.73 Å². The monoisotopic (exact) mass is 290 g/mol. The molecule has 1 atom stereocenters. The molecule has 1 aromatic rings. The van der Waals surface area contributed by atoms with Crippen LogP contribution < -0.4 is 5.73 Å². The average Bonchev–Trinajstić information content (AvgIpc) is 2.73. The van der Waals surface area contributed by atoms with E-state index in [0.29, 0.717) is 31.5 Å². The lowest BCUT2D eigenvalue weighted by Gasteiger charge is -2.27. The summed E-state index contributed by atoms with van der Waals surface area (Å²) in [6.07, 6.45) is 3.82. The van der Waals surface area contributed by atoms with Gasteiger partial charge in [0.25, 0.3) is 5.91 Å². The van der Waals surface area contributed by atoms with Crippen LogP contribution >= 0.6 is 0 Å². The molecule has 3 N–H and O–H groups in total. The molecule has 1 amide bonds. The largest absolute Gasteiger partial charge is 0.480 e. The number of amides is 1. The van der Waals surface area contributed by atoms with Crippen LogP contribution in [0.5, 0.6) is 0 Å². The Hall–Kier alpha value is -1.88. The van der Waals surface area contributed by atoms with Gasteiger partial charge >= 0.3 is 5.97 Å². The van der Waals surface area contributed by atoms with Gasteiger partial charge in [0.15, 0.2) is 0 Å². The van der Waals surface area contributed by atoms with Crippen LogP contribution in [0.4, 0.5) is 0 Å². The number of carbonyl (C=O) groups is 2. The Bertz CT molecular complexity index is 516. The Balaban J connectivity index is 2.30. The quantitative estimate of drug-likeness (QED) is 0.883. The van der Waals surface area contributed by atoms with Crippen LogP contribution in [0.2, 0.25) is 0 Å². The van der Waals surface area contributed by atoms with Crippen LogP contribution in [0.3, 0.4) is 0 Å². The summed E-state index contributed by atoms with van der Waals surface area (Å²) in [5.74, 6) is -1.10. The molecule has 1 saturated heterocycles. The van der Waals surface area contributed by atoms with Crippen molar-refractivity contribution in [2.75, 3.05) is 13.1 Å². The fraction of sp³-hybridized carbons (Fsp3) is 0.500. The zero-order valence-electron chi connectivity index (χ0n) is 12.1. The predicted octanol–water partition coefficient (Wildman–Crippen LogP) is 1.66. The van der Waals surface area contributed by atoms with E-state index in [-0.39, 0.29) is 5.91 Å². The standard InChI is InChI=1S/C16H22N2O3/c17-10-9-12-6-3-4-7-13(12)15(19)18-11-5-1-2-8-14(18)16(20)21/h3-4,6-7,14H,1-2,5,8-11,17H2,(H,20,21). The van der Waals surface area contributed by atoms with Crippen LogP contribution in [0.1, 0.15) is 41.6 Å². The van der Waals surface area contributed by atoms with Gasteiger partial charge in [-0.1, -0.05) is 31.0 Å². The van der Waals surface area contributed by atoms with Crippen molar-refractivity contribution in [1.29, 1.82) is 0 Å². The van der Waals surface area contributed by atoms with E-state index in [0.717, 1.165) is 24.8 Å². The molecule has 1 aromatic carbocycles. The van der Waals surface area contributed by atoms with Gasteiger partial charge < -0.3 is 15.7 Å². The molecular weight excluding hydrogens is 268 g/mol. The van der Waals surface area contributed by atoms with Crippen molar-refractivity contribution < 1.29 is 14.7 Å². The Morgan fingerprint density at radius 3 is 2.71 bits per heavy atom. The minimum absolute atomic E-state index is 0.187. The maximum atomic E-state index is 12.8. The lowest BCUT2D eigenvalue weighted by Crippen LogP contribution is -2.45. The van der Waals surface area contributed by atoms with Crippen LogP contribution in [0.25, 0.3) is 0 Å². The van der Waals surface area contributed by atoms with Gasteiger partial charge in [-0.05, 0) is 37.4 Å². The zero-order chi connectivity index (χ0) is 15.2. The number of carboxylic acid groups (broad SMARTS) is 1. The van der Waals surface area contributed by atoms with E-state index in [1.165, 1.54) is 4.90 Å². The number of nitrogens with zero attached hydrogens (tertiary/aromatic N) is 1. The first-order valence-electron chi connectivity index (χ1n) is 7.47. The van der Waals surface area contributed by atoms with Gasteiger partial charge in [0, 0.05) is 12.1 Å². The Labute approximate surface area is 124 Å². The minimum atomic E-state index is -0.915. The van der Waals surface area contributed by atoms with Crippen LogP contribution in [-0.2, 0) is 11.2 Å². The molecule has 0 saturated carbocycles. The number of aliphatic carboxylic acids is 1. The molecule has 0 bridgehead atoms. The number of rotatable bonds is 4. The smallest absolute Gasteiger partial charge is 0.326 e. The summed E-state index contributed by atoms with van der Waals surface area (Å²) in [7, 11) is 0.